The Kier molecular flexibility index (Phi) is 5.96. The molecule has 1 aliphatic rings. The SMILES string of the molecule is O=[N+]([O-])C1CC([N+](=O)[O-])C(N=S(=O)(OF)C(F)F)C(C(F)(F)F)C1. The van der Waals surface area contributed by atoms with Gasteiger partial charge in [0, 0.05) is 16.3 Å². The molecule has 0 aromatic carbocycles. The predicted molar refractivity (Wildman–Crippen MR) is 62.9 cm³/mol. The minimum absolute atomic E-state index is 1.08. The Morgan fingerprint density at radius 2 is 1.71 bits per heavy atom. The van der Waals surface area contributed by atoms with Crippen LogP contribution in [0, 0.1) is 26.1 Å². The van der Waals surface area contributed by atoms with Gasteiger partial charge in [-0.2, -0.15) is 26.3 Å². The first-order valence-corrected chi connectivity index (χ1v) is 7.51. The lowest BCUT2D eigenvalue weighted by atomic mass is 9.78. The summed E-state index contributed by atoms with van der Waals surface area (Å²) in [6, 6.07) is -7.18. The van der Waals surface area contributed by atoms with Crippen molar-refractivity contribution >= 4 is 10.0 Å². The van der Waals surface area contributed by atoms with Crippen LogP contribution in [0.25, 0.3) is 0 Å². The molecule has 16 heteroatoms. The summed E-state index contributed by atoms with van der Waals surface area (Å²) < 4.78 is 92.4. The summed E-state index contributed by atoms with van der Waals surface area (Å²) in [5.41, 5.74) is 0. The lowest BCUT2D eigenvalue weighted by Gasteiger charge is -2.33. The van der Waals surface area contributed by atoms with E-state index in [1.54, 1.807) is 0 Å². The van der Waals surface area contributed by atoms with Crippen molar-refractivity contribution in [1.29, 1.82) is 0 Å². The smallest absolute Gasteiger partial charge is 0.264 e. The van der Waals surface area contributed by atoms with Crippen LogP contribution < -0.4 is 0 Å². The van der Waals surface area contributed by atoms with Crippen LogP contribution in [0.3, 0.4) is 0 Å². The average Bonchev–Trinajstić information content (AvgIpc) is 2.45. The van der Waals surface area contributed by atoms with Crippen molar-refractivity contribution in [3.05, 3.63) is 20.2 Å². The average molecular weight is 389 g/mol. The molecule has 0 aromatic rings. The Morgan fingerprint density at radius 1 is 1.17 bits per heavy atom. The Hall–Kier alpha value is -1.71. The van der Waals surface area contributed by atoms with E-state index in [-0.39, 0.29) is 0 Å². The van der Waals surface area contributed by atoms with Crippen LogP contribution in [-0.2, 0) is 14.4 Å². The van der Waals surface area contributed by atoms with Gasteiger partial charge in [-0.3, -0.25) is 20.2 Å². The Labute approximate surface area is 129 Å². The van der Waals surface area contributed by atoms with Crippen LogP contribution in [0.5, 0.6) is 0 Å². The molecule has 0 N–H and O–H groups in total. The number of alkyl halides is 5. The highest BCUT2D eigenvalue weighted by Crippen LogP contribution is 2.42. The van der Waals surface area contributed by atoms with Gasteiger partial charge in [0.1, 0.15) is 6.04 Å². The largest absolute Gasteiger partial charge is 0.394 e. The number of rotatable bonds is 5. The third kappa shape index (κ3) is 4.22. The standard InChI is InChI=1S/C8H9F6N3O6S/c9-7(10)24(22,23-14)15-6-4(8(11,12)13)1-3(16(18)19)2-5(6)17(20)21/h3-7H,1-2H2. The highest BCUT2D eigenvalue weighted by atomic mass is 32.2. The van der Waals surface area contributed by atoms with Gasteiger partial charge in [-0.1, -0.05) is 4.39 Å². The Bertz CT molecular complexity index is 620. The fourth-order valence-corrected chi connectivity index (χ4v) is 3.13. The zero-order valence-corrected chi connectivity index (χ0v) is 12.1. The number of halogens is 6. The fraction of sp³-hybridized carbons (Fsp3) is 1.00. The number of nitro groups is 2. The maximum atomic E-state index is 13.0. The molecular weight excluding hydrogens is 380 g/mol. The van der Waals surface area contributed by atoms with Crippen LogP contribution in [0.2, 0.25) is 0 Å². The maximum Gasteiger partial charge on any atom is 0.394 e. The van der Waals surface area contributed by atoms with Crippen LogP contribution >= 0.6 is 0 Å². The molecule has 0 radical (unpaired) electrons. The summed E-state index contributed by atoms with van der Waals surface area (Å²) in [5, 5.41) is 21.6. The highest BCUT2D eigenvalue weighted by Gasteiger charge is 2.59. The summed E-state index contributed by atoms with van der Waals surface area (Å²) in [6.07, 6.45) is -7.72. The zero-order chi connectivity index (χ0) is 18.9. The minimum Gasteiger partial charge on any atom is -0.264 e. The molecular formula is C8H9F6N3O6S. The summed E-state index contributed by atoms with van der Waals surface area (Å²) in [6.45, 7) is 0. The van der Waals surface area contributed by atoms with Gasteiger partial charge in [0.2, 0.25) is 12.1 Å². The van der Waals surface area contributed by atoms with Crippen LogP contribution in [-0.4, -0.2) is 44.1 Å². The van der Waals surface area contributed by atoms with Crippen molar-refractivity contribution in [3.63, 3.8) is 0 Å². The Balaban J connectivity index is 3.48. The highest BCUT2D eigenvalue weighted by molar-refractivity contribution is 7.89. The third-order valence-corrected chi connectivity index (χ3v) is 4.59. The molecule has 5 unspecified atom stereocenters. The molecule has 0 saturated heterocycles. The molecule has 24 heavy (non-hydrogen) atoms. The molecule has 1 aliphatic carbocycles. The van der Waals surface area contributed by atoms with E-state index in [2.05, 4.69) is 8.75 Å². The van der Waals surface area contributed by atoms with Crippen molar-refractivity contribution < 1.29 is 44.9 Å². The van der Waals surface area contributed by atoms with E-state index in [1.807, 2.05) is 0 Å². The molecule has 0 heterocycles. The van der Waals surface area contributed by atoms with Gasteiger partial charge in [0.25, 0.3) is 10.0 Å². The van der Waals surface area contributed by atoms with Gasteiger partial charge in [-0.05, 0) is 4.53 Å². The van der Waals surface area contributed by atoms with Gasteiger partial charge in [-0.25, -0.2) is 4.21 Å². The molecule has 1 rings (SSSR count). The monoisotopic (exact) mass is 389 g/mol. The van der Waals surface area contributed by atoms with Crippen molar-refractivity contribution in [3.8, 4) is 0 Å². The van der Waals surface area contributed by atoms with E-state index in [1.165, 1.54) is 0 Å². The first-order chi connectivity index (χ1) is 10.8. The lowest BCUT2D eigenvalue weighted by molar-refractivity contribution is -0.575. The van der Waals surface area contributed by atoms with Crippen molar-refractivity contribution in [2.45, 2.75) is 42.9 Å². The molecule has 1 saturated carbocycles. The quantitative estimate of drug-likeness (QED) is 0.403. The van der Waals surface area contributed by atoms with E-state index in [9.17, 15) is 50.9 Å². The molecule has 9 nitrogen and oxygen atoms in total. The molecule has 5 atom stereocenters. The molecule has 0 amide bonds. The first kappa shape index (κ1) is 20.3. The van der Waals surface area contributed by atoms with Crippen LogP contribution in [0.4, 0.5) is 26.5 Å². The predicted octanol–water partition coefficient (Wildman–Crippen LogP) is 2.12. The molecule has 0 aromatic heterocycles. The number of hydrogen-bond donors (Lipinski definition) is 0. The second-order valence-electron chi connectivity index (χ2n) is 4.85. The second kappa shape index (κ2) is 7.04. The van der Waals surface area contributed by atoms with Gasteiger partial charge in [0.05, 0.1) is 12.3 Å². The lowest BCUT2D eigenvalue weighted by Crippen LogP contribution is -2.53. The molecule has 140 valence electrons. The van der Waals surface area contributed by atoms with Crippen molar-refractivity contribution in [2.24, 2.45) is 10.3 Å². The normalized spacial score (nSPS) is 30.6. The van der Waals surface area contributed by atoms with E-state index >= 15 is 0 Å². The summed E-state index contributed by atoms with van der Waals surface area (Å²) in [7, 11) is -5.59. The molecule has 1 fully saturated rings. The molecule has 0 aliphatic heterocycles. The maximum absolute atomic E-state index is 13.0. The number of hydrogen-bond acceptors (Lipinski definition) is 7. The topological polar surface area (TPSA) is 125 Å². The fourth-order valence-electron chi connectivity index (χ4n) is 2.33. The molecule has 0 bridgehead atoms. The Morgan fingerprint density at radius 3 is 2.04 bits per heavy atom. The van der Waals surface area contributed by atoms with E-state index in [4.69, 9.17) is 0 Å². The van der Waals surface area contributed by atoms with Gasteiger partial charge in [0.15, 0.2) is 0 Å². The second-order valence-corrected chi connectivity index (χ2v) is 6.57. The van der Waals surface area contributed by atoms with Gasteiger partial charge in [-0.15, -0.1) is 0 Å². The van der Waals surface area contributed by atoms with Gasteiger partial charge < -0.3 is 0 Å². The van der Waals surface area contributed by atoms with Crippen LogP contribution in [0.1, 0.15) is 12.8 Å². The first-order valence-electron chi connectivity index (χ1n) is 6.00. The van der Waals surface area contributed by atoms with E-state index in [0.29, 0.717) is 0 Å². The van der Waals surface area contributed by atoms with Crippen molar-refractivity contribution in [2.75, 3.05) is 0 Å². The van der Waals surface area contributed by atoms with Crippen molar-refractivity contribution in [1.82, 2.24) is 0 Å². The van der Waals surface area contributed by atoms with E-state index in [0.717, 1.165) is 0 Å². The summed E-state index contributed by atoms with van der Waals surface area (Å²) >= 11 is 0. The van der Waals surface area contributed by atoms with E-state index < -0.39 is 68.7 Å². The minimum atomic E-state index is -5.59. The third-order valence-electron chi connectivity index (χ3n) is 3.42. The van der Waals surface area contributed by atoms with Crippen LogP contribution in [0.15, 0.2) is 4.36 Å². The number of nitrogens with zero attached hydrogens (tertiary/aromatic N) is 3. The summed E-state index contributed by atoms with van der Waals surface area (Å²) in [4.78, 5) is 19.0. The summed E-state index contributed by atoms with van der Waals surface area (Å²) in [5.74, 6) is -7.12. The van der Waals surface area contributed by atoms with Gasteiger partial charge >= 0.3 is 11.9 Å². The zero-order valence-electron chi connectivity index (χ0n) is 11.3. The molecule has 0 spiro atoms.